The SMILES string of the molecule is C=C/C=C/CCC(C)C(C)OC(=O)Cc1ccccc1. The minimum absolute atomic E-state index is 0.0525. The van der Waals surface area contributed by atoms with E-state index in [1.54, 1.807) is 6.08 Å². The van der Waals surface area contributed by atoms with Crippen LogP contribution in [0.25, 0.3) is 0 Å². The zero-order chi connectivity index (χ0) is 14.8. The molecule has 0 heterocycles. The number of allylic oxidation sites excluding steroid dienone is 3. The maximum atomic E-state index is 11.9. The molecule has 2 heteroatoms. The summed E-state index contributed by atoms with van der Waals surface area (Å²) in [6, 6.07) is 9.68. The highest BCUT2D eigenvalue weighted by molar-refractivity contribution is 5.72. The van der Waals surface area contributed by atoms with E-state index in [-0.39, 0.29) is 12.1 Å². The van der Waals surface area contributed by atoms with Crippen LogP contribution in [0.2, 0.25) is 0 Å². The Morgan fingerprint density at radius 2 is 2.00 bits per heavy atom. The van der Waals surface area contributed by atoms with Gasteiger partial charge in [0.25, 0.3) is 0 Å². The lowest BCUT2D eigenvalue weighted by Crippen LogP contribution is -2.23. The fraction of sp³-hybridized carbons (Fsp3) is 0.389. The van der Waals surface area contributed by atoms with Gasteiger partial charge < -0.3 is 4.74 Å². The molecule has 20 heavy (non-hydrogen) atoms. The Morgan fingerprint density at radius 1 is 1.30 bits per heavy atom. The molecule has 2 nitrogen and oxygen atoms in total. The second kappa shape index (κ2) is 9.13. The molecule has 1 aromatic carbocycles. The lowest BCUT2D eigenvalue weighted by Gasteiger charge is -2.20. The first kappa shape index (κ1) is 16.2. The number of hydrogen-bond donors (Lipinski definition) is 0. The Morgan fingerprint density at radius 3 is 2.65 bits per heavy atom. The summed E-state index contributed by atoms with van der Waals surface area (Å²) in [5.41, 5.74) is 0.992. The summed E-state index contributed by atoms with van der Waals surface area (Å²) in [5.74, 6) is 0.196. The molecule has 2 atom stereocenters. The predicted octanol–water partition coefficient (Wildman–Crippen LogP) is 4.32. The van der Waals surface area contributed by atoms with Gasteiger partial charge in [-0.2, -0.15) is 0 Å². The molecular formula is C18H24O2. The van der Waals surface area contributed by atoms with Gasteiger partial charge in [0, 0.05) is 0 Å². The van der Waals surface area contributed by atoms with Crippen LogP contribution < -0.4 is 0 Å². The third kappa shape index (κ3) is 6.37. The molecule has 0 fully saturated rings. The molecule has 0 aliphatic rings. The molecule has 0 bridgehead atoms. The summed E-state index contributed by atoms with van der Waals surface area (Å²) < 4.78 is 5.49. The number of hydrogen-bond acceptors (Lipinski definition) is 2. The predicted molar refractivity (Wildman–Crippen MR) is 83.4 cm³/mol. The van der Waals surface area contributed by atoms with Gasteiger partial charge in [-0.05, 0) is 31.2 Å². The maximum absolute atomic E-state index is 11.9. The van der Waals surface area contributed by atoms with E-state index in [1.165, 1.54) is 0 Å². The van der Waals surface area contributed by atoms with Crippen LogP contribution >= 0.6 is 0 Å². The third-order valence-electron chi connectivity index (χ3n) is 3.37. The van der Waals surface area contributed by atoms with Crippen LogP contribution in [0.1, 0.15) is 32.3 Å². The van der Waals surface area contributed by atoms with Gasteiger partial charge in [0.1, 0.15) is 6.10 Å². The zero-order valence-corrected chi connectivity index (χ0v) is 12.4. The fourth-order valence-corrected chi connectivity index (χ4v) is 1.91. The second-order valence-electron chi connectivity index (χ2n) is 5.08. The number of esters is 1. The zero-order valence-electron chi connectivity index (χ0n) is 12.4. The van der Waals surface area contributed by atoms with Crippen molar-refractivity contribution < 1.29 is 9.53 Å². The highest BCUT2D eigenvalue weighted by Crippen LogP contribution is 2.15. The fourth-order valence-electron chi connectivity index (χ4n) is 1.91. The third-order valence-corrected chi connectivity index (χ3v) is 3.37. The quantitative estimate of drug-likeness (QED) is 0.520. The molecule has 2 unspecified atom stereocenters. The van der Waals surface area contributed by atoms with Gasteiger partial charge in [-0.1, -0.05) is 62.1 Å². The molecule has 0 saturated carbocycles. The molecule has 1 rings (SSSR count). The topological polar surface area (TPSA) is 26.3 Å². The van der Waals surface area contributed by atoms with Crippen LogP contribution in [-0.4, -0.2) is 12.1 Å². The number of carbonyl (C=O) groups excluding carboxylic acids is 1. The molecule has 0 saturated heterocycles. The van der Waals surface area contributed by atoms with Gasteiger partial charge in [0.05, 0.1) is 6.42 Å². The van der Waals surface area contributed by atoms with Crippen LogP contribution in [0.15, 0.2) is 55.1 Å². The summed E-state index contributed by atoms with van der Waals surface area (Å²) in [7, 11) is 0. The van der Waals surface area contributed by atoms with Crippen molar-refractivity contribution in [1.82, 2.24) is 0 Å². The smallest absolute Gasteiger partial charge is 0.310 e. The van der Waals surface area contributed by atoms with Crippen molar-refractivity contribution in [2.75, 3.05) is 0 Å². The van der Waals surface area contributed by atoms with Gasteiger partial charge in [0.15, 0.2) is 0 Å². The Hall–Kier alpha value is -1.83. The van der Waals surface area contributed by atoms with E-state index in [4.69, 9.17) is 4.74 Å². The Kier molecular flexibility index (Phi) is 7.41. The Bertz CT molecular complexity index is 434. The van der Waals surface area contributed by atoms with Gasteiger partial charge in [0.2, 0.25) is 0 Å². The molecule has 1 aromatic rings. The molecule has 0 radical (unpaired) electrons. The summed E-state index contributed by atoms with van der Waals surface area (Å²) in [6.07, 6.45) is 8.07. The van der Waals surface area contributed by atoms with E-state index < -0.39 is 0 Å². The van der Waals surface area contributed by atoms with Crippen LogP contribution in [0.4, 0.5) is 0 Å². The lowest BCUT2D eigenvalue weighted by molar-refractivity contribution is -0.149. The molecule has 0 aromatic heterocycles. The molecule has 0 amide bonds. The van der Waals surface area contributed by atoms with Gasteiger partial charge in [-0.15, -0.1) is 0 Å². The van der Waals surface area contributed by atoms with Crippen LogP contribution in [0, 0.1) is 5.92 Å². The number of benzene rings is 1. The largest absolute Gasteiger partial charge is 0.462 e. The normalized spacial score (nSPS) is 13.9. The van der Waals surface area contributed by atoms with Crippen molar-refractivity contribution >= 4 is 5.97 Å². The number of ether oxygens (including phenoxy) is 1. The van der Waals surface area contributed by atoms with Crippen molar-refractivity contribution in [3.63, 3.8) is 0 Å². The van der Waals surface area contributed by atoms with Crippen LogP contribution in [0.3, 0.4) is 0 Å². The van der Waals surface area contributed by atoms with Crippen molar-refractivity contribution in [2.24, 2.45) is 5.92 Å². The summed E-state index contributed by atoms with van der Waals surface area (Å²) in [4.78, 5) is 11.9. The maximum Gasteiger partial charge on any atom is 0.310 e. The van der Waals surface area contributed by atoms with Gasteiger partial charge in [-0.25, -0.2) is 0 Å². The lowest BCUT2D eigenvalue weighted by atomic mass is 10.00. The van der Waals surface area contributed by atoms with Gasteiger partial charge >= 0.3 is 5.97 Å². The van der Waals surface area contributed by atoms with E-state index in [9.17, 15) is 4.79 Å². The average Bonchev–Trinajstić information content (AvgIpc) is 2.44. The standard InChI is InChI=1S/C18H24O2/c1-4-5-6-8-11-15(2)16(3)20-18(19)14-17-12-9-7-10-13-17/h4-7,9-10,12-13,15-16H,1,8,11,14H2,2-3H3/b6-5+. The molecular weight excluding hydrogens is 248 g/mol. The van der Waals surface area contributed by atoms with E-state index in [0.29, 0.717) is 12.3 Å². The highest BCUT2D eigenvalue weighted by atomic mass is 16.5. The molecule has 0 aliphatic carbocycles. The summed E-state index contributed by atoms with van der Waals surface area (Å²) in [6.45, 7) is 7.71. The summed E-state index contributed by atoms with van der Waals surface area (Å²) >= 11 is 0. The first-order valence-corrected chi connectivity index (χ1v) is 7.14. The minimum Gasteiger partial charge on any atom is -0.462 e. The van der Waals surface area contributed by atoms with Crippen molar-refractivity contribution in [3.8, 4) is 0 Å². The Labute approximate surface area is 122 Å². The van der Waals surface area contributed by atoms with E-state index in [2.05, 4.69) is 19.6 Å². The van der Waals surface area contributed by atoms with Gasteiger partial charge in [-0.3, -0.25) is 4.79 Å². The minimum atomic E-state index is -0.155. The number of rotatable bonds is 8. The molecule has 0 aliphatic heterocycles. The molecule has 0 spiro atoms. The first-order chi connectivity index (χ1) is 9.63. The van der Waals surface area contributed by atoms with Crippen molar-refractivity contribution in [1.29, 1.82) is 0 Å². The van der Waals surface area contributed by atoms with Crippen LogP contribution in [-0.2, 0) is 16.0 Å². The second-order valence-corrected chi connectivity index (χ2v) is 5.08. The monoisotopic (exact) mass is 272 g/mol. The molecule has 108 valence electrons. The first-order valence-electron chi connectivity index (χ1n) is 7.14. The van der Waals surface area contributed by atoms with E-state index >= 15 is 0 Å². The summed E-state index contributed by atoms with van der Waals surface area (Å²) in [5, 5.41) is 0. The molecule has 0 N–H and O–H groups in total. The Balaban J connectivity index is 2.33. The highest BCUT2D eigenvalue weighted by Gasteiger charge is 2.16. The van der Waals surface area contributed by atoms with Crippen molar-refractivity contribution in [3.05, 3.63) is 60.7 Å². The van der Waals surface area contributed by atoms with E-state index in [1.807, 2.05) is 43.3 Å². The van der Waals surface area contributed by atoms with Crippen molar-refractivity contribution in [2.45, 2.75) is 39.2 Å². The van der Waals surface area contributed by atoms with E-state index in [0.717, 1.165) is 18.4 Å². The van der Waals surface area contributed by atoms with Crippen LogP contribution in [0.5, 0.6) is 0 Å². The number of carbonyl (C=O) groups is 1. The average molecular weight is 272 g/mol.